The van der Waals surface area contributed by atoms with Crippen LogP contribution < -0.4 is 10.3 Å². The Labute approximate surface area is 190 Å². The SMILES string of the molecule is O=C(Cn1cnc(-c2ccc(F)cc2)c1)N/N=C\c1ccc(N(CCCl)CCCl)cc1. The molecule has 0 fully saturated rings. The number of imidazole rings is 1. The van der Waals surface area contributed by atoms with Crippen LogP contribution in [0.25, 0.3) is 11.3 Å². The Morgan fingerprint density at radius 2 is 1.77 bits per heavy atom. The first-order valence-corrected chi connectivity index (χ1v) is 10.7. The van der Waals surface area contributed by atoms with Crippen molar-refractivity contribution in [3.63, 3.8) is 0 Å². The number of anilines is 1. The van der Waals surface area contributed by atoms with E-state index >= 15 is 0 Å². The van der Waals surface area contributed by atoms with E-state index in [0.717, 1.165) is 29.9 Å². The summed E-state index contributed by atoms with van der Waals surface area (Å²) in [5.74, 6) is 0.451. The van der Waals surface area contributed by atoms with Crippen molar-refractivity contribution in [2.24, 2.45) is 5.10 Å². The first kappa shape index (κ1) is 22.8. The van der Waals surface area contributed by atoms with Gasteiger partial charge in [0.2, 0.25) is 0 Å². The summed E-state index contributed by atoms with van der Waals surface area (Å²) in [6, 6.07) is 13.8. The molecule has 0 aliphatic heterocycles. The van der Waals surface area contributed by atoms with Crippen LogP contribution in [0.2, 0.25) is 0 Å². The minimum absolute atomic E-state index is 0.0658. The van der Waals surface area contributed by atoms with E-state index in [-0.39, 0.29) is 18.3 Å². The molecule has 6 nitrogen and oxygen atoms in total. The van der Waals surface area contributed by atoms with Crippen molar-refractivity contribution in [1.82, 2.24) is 15.0 Å². The predicted octanol–water partition coefficient (Wildman–Crippen LogP) is 4.12. The molecule has 0 saturated heterocycles. The molecule has 0 spiro atoms. The Morgan fingerprint density at radius 3 is 2.42 bits per heavy atom. The van der Waals surface area contributed by atoms with Gasteiger partial charge in [0, 0.05) is 42.3 Å². The van der Waals surface area contributed by atoms with Crippen LogP contribution in [0.15, 0.2) is 66.2 Å². The van der Waals surface area contributed by atoms with Crippen LogP contribution in [0.3, 0.4) is 0 Å². The van der Waals surface area contributed by atoms with Gasteiger partial charge in [-0.1, -0.05) is 12.1 Å². The van der Waals surface area contributed by atoms with Crippen LogP contribution in [0.5, 0.6) is 0 Å². The van der Waals surface area contributed by atoms with Gasteiger partial charge in [-0.2, -0.15) is 5.10 Å². The fourth-order valence-corrected chi connectivity index (χ4v) is 3.35. The Hall–Kier alpha value is -2.90. The lowest BCUT2D eigenvalue weighted by atomic mass is 10.2. The first-order chi connectivity index (χ1) is 15.1. The van der Waals surface area contributed by atoms with Crippen LogP contribution in [-0.2, 0) is 11.3 Å². The number of carbonyl (C=O) groups is 1. The summed E-state index contributed by atoms with van der Waals surface area (Å²) >= 11 is 11.7. The highest BCUT2D eigenvalue weighted by molar-refractivity contribution is 6.18. The molecule has 3 aromatic rings. The molecular formula is C22H22Cl2FN5O. The molecule has 3 rings (SSSR count). The zero-order valence-corrected chi connectivity index (χ0v) is 18.2. The van der Waals surface area contributed by atoms with E-state index in [1.165, 1.54) is 12.1 Å². The molecule has 1 amide bonds. The van der Waals surface area contributed by atoms with Crippen molar-refractivity contribution in [1.29, 1.82) is 0 Å². The molecule has 162 valence electrons. The molecule has 0 unspecified atom stereocenters. The molecule has 0 aliphatic rings. The summed E-state index contributed by atoms with van der Waals surface area (Å²) < 4.78 is 14.7. The van der Waals surface area contributed by atoms with Gasteiger partial charge in [0.25, 0.3) is 5.91 Å². The second-order valence-corrected chi connectivity index (χ2v) is 7.44. The molecule has 31 heavy (non-hydrogen) atoms. The third kappa shape index (κ3) is 6.80. The van der Waals surface area contributed by atoms with Crippen molar-refractivity contribution in [3.05, 3.63) is 72.4 Å². The zero-order valence-electron chi connectivity index (χ0n) is 16.7. The Morgan fingerprint density at radius 1 is 1.10 bits per heavy atom. The van der Waals surface area contributed by atoms with Gasteiger partial charge in [-0.25, -0.2) is 14.8 Å². The maximum Gasteiger partial charge on any atom is 0.260 e. The second kappa shape index (κ2) is 11.5. The average Bonchev–Trinajstić information content (AvgIpc) is 3.23. The summed E-state index contributed by atoms with van der Waals surface area (Å²) in [6.07, 6.45) is 4.85. The zero-order chi connectivity index (χ0) is 22.1. The van der Waals surface area contributed by atoms with Crippen LogP contribution in [0.4, 0.5) is 10.1 Å². The smallest absolute Gasteiger partial charge is 0.260 e. The predicted molar refractivity (Wildman–Crippen MR) is 123 cm³/mol. The highest BCUT2D eigenvalue weighted by Crippen LogP contribution is 2.17. The molecule has 0 aliphatic carbocycles. The molecule has 0 atom stereocenters. The number of hydrogen-bond donors (Lipinski definition) is 1. The Bertz CT molecular complexity index is 1000. The molecule has 1 aromatic heterocycles. The maximum atomic E-state index is 13.0. The third-order valence-electron chi connectivity index (χ3n) is 4.47. The maximum absolute atomic E-state index is 13.0. The summed E-state index contributed by atoms with van der Waals surface area (Å²) in [5, 5.41) is 4.00. The number of carbonyl (C=O) groups excluding carboxylic acids is 1. The molecule has 1 N–H and O–H groups in total. The van der Waals surface area contributed by atoms with Gasteiger partial charge in [0.05, 0.1) is 18.2 Å². The van der Waals surface area contributed by atoms with Gasteiger partial charge in [0.1, 0.15) is 12.4 Å². The fourth-order valence-electron chi connectivity index (χ4n) is 2.94. The summed E-state index contributed by atoms with van der Waals surface area (Å²) in [5.41, 5.74) is 5.81. The average molecular weight is 462 g/mol. The van der Waals surface area contributed by atoms with Gasteiger partial charge in [-0.15, -0.1) is 23.2 Å². The number of amides is 1. The van der Waals surface area contributed by atoms with Gasteiger partial charge in [-0.3, -0.25) is 4.79 Å². The number of halogens is 3. The fraction of sp³-hybridized carbons (Fsp3) is 0.227. The van der Waals surface area contributed by atoms with Crippen molar-refractivity contribution < 1.29 is 9.18 Å². The van der Waals surface area contributed by atoms with E-state index in [4.69, 9.17) is 23.2 Å². The molecule has 9 heteroatoms. The van der Waals surface area contributed by atoms with Crippen LogP contribution in [0, 0.1) is 5.82 Å². The van der Waals surface area contributed by atoms with E-state index in [9.17, 15) is 9.18 Å². The normalized spacial score (nSPS) is 11.1. The molecule has 1 heterocycles. The van der Waals surface area contributed by atoms with Crippen molar-refractivity contribution in [2.75, 3.05) is 29.7 Å². The minimum Gasteiger partial charge on any atom is -0.369 e. The topological polar surface area (TPSA) is 62.5 Å². The lowest BCUT2D eigenvalue weighted by Gasteiger charge is -2.22. The standard InChI is InChI=1S/C22H22Cl2FN5O/c23-9-11-30(12-10-24)20-7-1-17(2-8-20)13-27-28-22(31)15-29-14-21(26-16-29)18-3-5-19(25)6-4-18/h1-8,13-14,16H,9-12,15H2,(H,28,31)/b27-13-. The Kier molecular flexibility index (Phi) is 8.44. The van der Waals surface area contributed by atoms with Crippen molar-refractivity contribution in [3.8, 4) is 11.3 Å². The highest BCUT2D eigenvalue weighted by Gasteiger charge is 2.07. The Balaban J connectivity index is 1.52. The number of benzene rings is 2. The summed E-state index contributed by atoms with van der Waals surface area (Å²) in [4.78, 5) is 18.5. The monoisotopic (exact) mass is 461 g/mol. The third-order valence-corrected chi connectivity index (χ3v) is 4.81. The first-order valence-electron chi connectivity index (χ1n) is 9.65. The summed E-state index contributed by atoms with van der Waals surface area (Å²) in [6.45, 7) is 1.50. The van der Waals surface area contributed by atoms with Gasteiger partial charge >= 0.3 is 0 Å². The van der Waals surface area contributed by atoms with Gasteiger partial charge < -0.3 is 9.47 Å². The van der Waals surface area contributed by atoms with Crippen molar-refractivity contribution in [2.45, 2.75) is 6.54 Å². The number of hydrazone groups is 1. The van der Waals surface area contributed by atoms with Crippen LogP contribution in [-0.4, -0.2) is 46.5 Å². The quantitative estimate of drug-likeness (QED) is 0.280. The minimum atomic E-state index is -0.307. The second-order valence-electron chi connectivity index (χ2n) is 6.69. The number of nitrogens with one attached hydrogen (secondary N) is 1. The van der Waals surface area contributed by atoms with Gasteiger partial charge in [-0.05, 0) is 42.0 Å². The molecule has 2 aromatic carbocycles. The van der Waals surface area contributed by atoms with E-state index in [1.54, 1.807) is 35.4 Å². The number of alkyl halides is 2. The van der Waals surface area contributed by atoms with Gasteiger partial charge in [0.15, 0.2) is 0 Å². The molecule has 0 saturated carbocycles. The molecule has 0 radical (unpaired) electrons. The van der Waals surface area contributed by atoms with E-state index in [0.29, 0.717) is 17.5 Å². The lowest BCUT2D eigenvalue weighted by Crippen LogP contribution is -2.27. The number of aromatic nitrogens is 2. The number of rotatable bonds is 10. The largest absolute Gasteiger partial charge is 0.369 e. The van der Waals surface area contributed by atoms with E-state index < -0.39 is 0 Å². The molecular weight excluding hydrogens is 440 g/mol. The molecule has 0 bridgehead atoms. The van der Waals surface area contributed by atoms with Crippen LogP contribution in [0.1, 0.15) is 5.56 Å². The van der Waals surface area contributed by atoms with Crippen LogP contribution >= 0.6 is 23.2 Å². The van der Waals surface area contributed by atoms with E-state index in [2.05, 4.69) is 20.4 Å². The summed E-state index contributed by atoms with van der Waals surface area (Å²) in [7, 11) is 0. The highest BCUT2D eigenvalue weighted by atomic mass is 35.5. The lowest BCUT2D eigenvalue weighted by molar-refractivity contribution is -0.121. The van der Waals surface area contributed by atoms with E-state index in [1.807, 2.05) is 24.3 Å². The van der Waals surface area contributed by atoms with Crippen molar-refractivity contribution >= 4 is 41.0 Å². The number of nitrogens with zero attached hydrogens (tertiary/aromatic N) is 4. The number of hydrogen-bond acceptors (Lipinski definition) is 4.